The minimum atomic E-state index is -0.343. The van der Waals surface area contributed by atoms with E-state index < -0.39 is 0 Å². The molecule has 0 unspecified atom stereocenters. The number of hydrogen-bond donors (Lipinski definition) is 2. The summed E-state index contributed by atoms with van der Waals surface area (Å²) < 4.78 is 0. The van der Waals surface area contributed by atoms with Gasteiger partial charge in [0.2, 0.25) is 0 Å². The summed E-state index contributed by atoms with van der Waals surface area (Å²) >= 11 is 6.40. The molecule has 0 saturated carbocycles. The van der Waals surface area contributed by atoms with Gasteiger partial charge in [0.15, 0.2) is 0 Å². The van der Waals surface area contributed by atoms with Crippen LogP contribution in [0.1, 0.15) is 28.3 Å². The summed E-state index contributed by atoms with van der Waals surface area (Å²) in [5.41, 5.74) is 5.78. The number of nitrogens with one attached hydrogen (secondary N) is 2. The van der Waals surface area contributed by atoms with Crippen LogP contribution < -0.4 is 10.6 Å². The summed E-state index contributed by atoms with van der Waals surface area (Å²) in [7, 11) is 0. The van der Waals surface area contributed by atoms with E-state index >= 15 is 0 Å². The predicted octanol–water partition coefficient (Wildman–Crippen LogP) is 6.63. The van der Waals surface area contributed by atoms with Gasteiger partial charge in [-0.05, 0) is 40.5 Å². The first-order valence-electron chi connectivity index (χ1n) is 10.7. The van der Waals surface area contributed by atoms with Gasteiger partial charge in [0.25, 0.3) is 0 Å². The highest BCUT2D eigenvalue weighted by Gasteiger charge is 2.39. The quantitative estimate of drug-likeness (QED) is 0.376. The van der Waals surface area contributed by atoms with E-state index in [0.717, 1.165) is 23.6 Å². The zero-order valence-electron chi connectivity index (χ0n) is 17.3. The second-order valence-electron chi connectivity index (χ2n) is 8.25. The fraction of sp³-hybridized carbons (Fsp3) is 0.143. The van der Waals surface area contributed by atoms with Crippen LogP contribution in [0.2, 0.25) is 5.02 Å². The zero-order chi connectivity index (χ0) is 21.1. The molecule has 0 fully saturated rings. The second kappa shape index (κ2) is 8.58. The van der Waals surface area contributed by atoms with Gasteiger partial charge >= 0.3 is 0 Å². The van der Waals surface area contributed by atoms with E-state index in [2.05, 4.69) is 114 Å². The molecule has 0 amide bonds. The van der Waals surface area contributed by atoms with Gasteiger partial charge in [-0.15, -0.1) is 0 Å². The van der Waals surface area contributed by atoms with Crippen molar-refractivity contribution in [3.63, 3.8) is 0 Å². The minimum Gasteiger partial charge on any atom is -0.366 e. The Morgan fingerprint density at radius 1 is 0.677 bits per heavy atom. The molecule has 1 atom stereocenters. The topological polar surface area (TPSA) is 24.1 Å². The van der Waals surface area contributed by atoms with Crippen molar-refractivity contribution in [2.24, 2.45) is 0 Å². The number of hydrogen-bond acceptors (Lipinski definition) is 2. The third kappa shape index (κ3) is 4.36. The number of rotatable bonds is 5. The van der Waals surface area contributed by atoms with Crippen molar-refractivity contribution in [1.82, 2.24) is 5.32 Å². The Kier molecular flexibility index (Phi) is 5.50. The lowest BCUT2D eigenvalue weighted by Crippen LogP contribution is -2.59. The minimum absolute atomic E-state index is 0.0450. The molecule has 1 aliphatic heterocycles. The van der Waals surface area contributed by atoms with Crippen molar-refractivity contribution in [3.8, 4) is 0 Å². The van der Waals surface area contributed by atoms with Gasteiger partial charge in [0.1, 0.15) is 0 Å². The van der Waals surface area contributed by atoms with Crippen LogP contribution in [0, 0.1) is 0 Å². The van der Waals surface area contributed by atoms with E-state index in [1.807, 2.05) is 6.07 Å². The van der Waals surface area contributed by atoms with Crippen LogP contribution in [0.25, 0.3) is 0 Å². The van der Waals surface area contributed by atoms with Gasteiger partial charge in [-0.25, -0.2) is 0 Å². The number of benzene rings is 4. The van der Waals surface area contributed by atoms with Crippen LogP contribution in [0.15, 0.2) is 109 Å². The molecule has 31 heavy (non-hydrogen) atoms. The first kappa shape index (κ1) is 19.9. The first-order chi connectivity index (χ1) is 15.2. The Morgan fingerprint density at radius 2 is 1.23 bits per heavy atom. The summed E-state index contributed by atoms with van der Waals surface area (Å²) in [5, 5.41) is 8.61. The molecule has 5 rings (SSSR count). The van der Waals surface area contributed by atoms with Crippen molar-refractivity contribution < 1.29 is 0 Å². The van der Waals surface area contributed by atoms with Gasteiger partial charge in [0, 0.05) is 23.6 Å². The first-order valence-corrected chi connectivity index (χ1v) is 11.1. The van der Waals surface area contributed by atoms with Crippen molar-refractivity contribution in [2.75, 3.05) is 5.32 Å². The van der Waals surface area contributed by atoms with Crippen LogP contribution in [0.3, 0.4) is 0 Å². The summed E-state index contributed by atoms with van der Waals surface area (Å²) in [4.78, 5) is 0. The number of halogens is 1. The van der Waals surface area contributed by atoms with Crippen LogP contribution in [-0.2, 0) is 12.8 Å². The summed E-state index contributed by atoms with van der Waals surface area (Å²) in [6.07, 6.45) is 1.71. The Hall–Kier alpha value is -3.07. The van der Waals surface area contributed by atoms with Crippen LogP contribution in [0.5, 0.6) is 0 Å². The average molecular weight is 425 g/mol. The van der Waals surface area contributed by atoms with E-state index in [9.17, 15) is 0 Å². The van der Waals surface area contributed by atoms with Crippen molar-refractivity contribution in [1.29, 1.82) is 0 Å². The van der Waals surface area contributed by atoms with Crippen LogP contribution >= 0.6 is 11.6 Å². The zero-order valence-corrected chi connectivity index (χ0v) is 18.0. The van der Waals surface area contributed by atoms with E-state index in [1.54, 1.807) is 0 Å². The molecule has 3 heteroatoms. The monoisotopic (exact) mass is 424 g/mol. The maximum Gasteiger partial charge on any atom is 0.0971 e. The molecule has 0 aliphatic carbocycles. The predicted molar refractivity (Wildman–Crippen MR) is 130 cm³/mol. The standard InChI is InChI=1S/C28H25ClN2/c29-24-16-17-26-25(18-24)27(23-14-8-3-9-15-23)31-28(30-26,19-21-10-4-1-5-11-21)20-22-12-6-2-7-13-22/h1-18,27,30-31H,19-20H2/t27-/m1/s1. The van der Waals surface area contributed by atoms with Gasteiger partial charge in [-0.1, -0.05) is 103 Å². The fourth-order valence-corrected chi connectivity index (χ4v) is 4.76. The van der Waals surface area contributed by atoms with Gasteiger partial charge in [-0.3, -0.25) is 5.32 Å². The Bertz CT molecular complexity index is 1100. The maximum atomic E-state index is 6.40. The molecule has 0 radical (unpaired) electrons. The average Bonchev–Trinajstić information content (AvgIpc) is 2.81. The second-order valence-corrected chi connectivity index (χ2v) is 8.69. The highest BCUT2D eigenvalue weighted by atomic mass is 35.5. The third-order valence-corrected chi connectivity index (χ3v) is 6.18. The molecule has 0 saturated heterocycles. The summed E-state index contributed by atoms with van der Waals surface area (Å²) in [6, 6.07) is 38.2. The molecule has 2 nitrogen and oxygen atoms in total. The lowest BCUT2D eigenvalue weighted by atomic mass is 9.85. The Morgan fingerprint density at radius 3 is 1.81 bits per heavy atom. The highest BCUT2D eigenvalue weighted by Crippen LogP contribution is 2.39. The van der Waals surface area contributed by atoms with E-state index in [-0.39, 0.29) is 11.7 Å². The normalized spacial score (nSPS) is 16.9. The smallest absolute Gasteiger partial charge is 0.0971 e. The van der Waals surface area contributed by atoms with Crippen molar-refractivity contribution in [3.05, 3.63) is 136 Å². The Labute approximate surface area is 188 Å². The fourth-order valence-electron chi connectivity index (χ4n) is 4.58. The molecular formula is C28H25ClN2. The van der Waals surface area contributed by atoms with Crippen molar-refractivity contribution in [2.45, 2.75) is 24.5 Å². The molecule has 2 N–H and O–H groups in total. The van der Waals surface area contributed by atoms with Crippen LogP contribution in [-0.4, -0.2) is 5.66 Å². The van der Waals surface area contributed by atoms with Gasteiger partial charge < -0.3 is 5.32 Å². The SMILES string of the molecule is Clc1ccc2c(c1)[C@@H](c1ccccc1)NC(Cc1ccccc1)(Cc1ccccc1)N2. The number of fused-ring (bicyclic) bond motifs is 1. The molecule has 0 aromatic heterocycles. The lowest BCUT2D eigenvalue weighted by Gasteiger charge is -2.45. The molecule has 1 aliphatic rings. The Balaban J connectivity index is 1.62. The maximum absolute atomic E-state index is 6.40. The van der Waals surface area contributed by atoms with Crippen molar-refractivity contribution >= 4 is 17.3 Å². The largest absolute Gasteiger partial charge is 0.366 e. The van der Waals surface area contributed by atoms with E-state index in [4.69, 9.17) is 11.6 Å². The van der Waals surface area contributed by atoms with Crippen LogP contribution in [0.4, 0.5) is 5.69 Å². The van der Waals surface area contributed by atoms with E-state index in [0.29, 0.717) is 0 Å². The molecule has 1 heterocycles. The number of anilines is 1. The molecule has 4 aromatic rings. The lowest BCUT2D eigenvalue weighted by molar-refractivity contribution is 0.322. The molecule has 4 aromatic carbocycles. The molecular weight excluding hydrogens is 400 g/mol. The van der Waals surface area contributed by atoms with Gasteiger partial charge in [-0.2, -0.15) is 0 Å². The molecule has 0 spiro atoms. The van der Waals surface area contributed by atoms with Gasteiger partial charge in [0.05, 0.1) is 11.7 Å². The molecule has 0 bridgehead atoms. The highest BCUT2D eigenvalue weighted by molar-refractivity contribution is 6.30. The third-order valence-electron chi connectivity index (χ3n) is 5.95. The van der Waals surface area contributed by atoms with E-state index in [1.165, 1.54) is 22.3 Å². The molecule has 154 valence electrons. The summed E-state index contributed by atoms with van der Waals surface area (Å²) in [6.45, 7) is 0. The summed E-state index contributed by atoms with van der Waals surface area (Å²) in [5.74, 6) is 0.